The summed E-state index contributed by atoms with van der Waals surface area (Å²) in [6.45, 7) is 1.58. The summed E-state index contributed by atoms with van der Waals surface area (Å²) < 4.78 is 6.97. The van der Waals surface area contributed by atoms with Gasteiger partial charge >= 0.3 is 0 Å². The molecule has 0 fully saturated rings. The van der Waals surface area contributed by atoms with Crippen molar-refractivity contribution in [2.75, 3.05) is 0 Å². The van der Waals surface area contributed by atoms with E-state index < -0.39 is 5.56 Å². The van der Waals surface area contributed by atoms with Crippen molar-refractivity contribution in [1.82, 2.24) is 9.55 Å². The highest BCUT2D eigenvalue weighted by Crippen LogP contribution is 2.38. The van der Waals surface area contributed by atoms with Gasteiger partial charge < -0.3 is 9.84 Å². The molecular formula is C17H12Cl2N2O3. The Morgan fingerprint density at radius 2 is 1.79 bits per heavy atom. The van der Waals surface area contributed by atoms with Crippen LogP contribution in [0, 0.1) is 6.92 Å². The Labute approximate surface area is 147 Å². The van der Waals surface area contributed by atoms with Crippen LogP contribution in [0.15, 0.2) is 53.3 Å². The first-order chi connectivity index (χ1) is 11.5. The molecule has 2 aromatic carbocycles. The molecule has 0 radical (unpaired) electrons. The van der Waals surface area contributed by atoms with Gasteiger partial charge in [0.2, 0.25) is 5.88 Å². The van der Waals surface area contributed by atoms with Crippen molar-refractivity contribution in [3.8, 4) is 23.1 Å². The Kier molecular flexibility index (Phi) is 4.46. The molecule has 1 heterocycles. The molecule has 0 unspecified atom stereocenters. The summed E-state index contributed by atoms with van der Waals surface area (Å²) in [4.78, 5) is 16.0. The summed E-state index contributed by atoms with van der Waals surface area (Å²) in [5.74, 6) is 0.923. The summed E-state index contributed by atoms with van der Waals surface area (Å²) in [6.07, 6.45) is 0. The molecule has 1 aromatic heterocycles. The third-order valence-corrected chi connectivity index (χ3v) is 4.17. The van der Waals surface area contributed by atoms with E-state index in [4.69, 9.17) is 27.9 Å². The largest absolute Gasteiger partial charge is 0.493 e. The van der Waals surface area contributed by atoms with E-state index in [0.717, 1.165) is 6.07 Å². The standard InChI is InChI=1S/C17H12Cl2N2O3/c1-10-20-14(22)9-15(23)21(10)12-7-8-13(17(19)16(12)18)24-11-5-3-2-4-6-11/h2-9,22H,1H3. The van der Waals surface area contributed by atoms with Gasteiger partial charge in [-0.05, 0) is 31.2 Å². The molecule has 0 spiro atoms. The van der Waals surface area contributed by atoms with Gasteiger partial charge in [0.25, 0.3) is 5.56 Å². The molecule has 24 heavy (non-hydrogen) atoms. The normalized spacial score (nSPS) is 10.6. The maximum Gasteiger partial charge on any atom is 0.261 e. The predicted molar refractivity (Wildman–Crippen MR) is 92.8 cm³/mol. The monoisotopic (exact) mass is 362 g/mol. The van der Waals surface area contributed by atoms with E-state index in [1.165, 1.54) is 4.57 Å². The van der Waals surface area contributed by atoms with Crippen LogP contribution < -0.4 is 10.3 Å². The zero-order valence-electron chi connectivity index (χ0n) is 12.5. The number of para-hydroxylation sites is 1. The Balaban J connectivity index is 2.07. The lowest BCUT2D eigenvalue weighted by Gasteiger charge is -2.14. The minimum absolute atomic E-state index is 0.155. The second-order valence-corrected chi connectivity index (χ2v) is 5.72. The van der Waals surface area contributed by atoms with E-state index in [-0.39, 0.29) is 21.7 Å². The van der Waals surface area contributed by atoms with Crippen molar-refractivity contribution in [2.45, 2.75) is 6.92 Å². The zero-order valence-corrected chi connectivity index (χ0v) is 14.0. The smallest absolute Gasteiger partial charge is 0.261 e. The number of hydrogen-bond donors (Lipinski definition) is 1. The van der Waals surface area contributed by atoms with Gasteiger partial charge in [0, 0.05) is 0 Å². The second-order valence-electron chi connectivity index (χ2n) is 4.96. The second kappa shape index (κ2) is 6.55. The molecule has 0 aliphatic heterocycles. The summed E-state index contributed by atoms with van der Waals surface area (Å²) in [6, 6.07) is 13.4. The van der Waals surface area contributed by atoms with E-state index in [2.05, 4.69) is 4.98 Å². The molecular weight excluding hydrogens is 351 g/mol. The van der Waals surface area contributed by atoms with Gasteiger partial charge in [0.05, 0.1) is 16.8 Å². The van der Waals surface area contributed by atoms with E-state index in [9.17, 15) is 9.90 Å². The zero-order chi connectivity index (χ0) is 17.3. The highest BCUT2D eigenvalue weighted by atomic mass is 35.5. The summed E-state index contributed by atoms with van der Waals surface area (Å²) >= 11 is 12.6. The van der Waals surface area contributed by atoms with Crippen LogP contribution in [0.4, 0.5) is 0 Å². The molecule has 122 valence electrons. The van der Waals surface area contributed by atoms with Gasteiger partial charge in [-0.1, -0.05) is 41.4 Å². The molecule has 0 bridgehead atoms. The van der Waals surface area contributed by atoms with E-state index in [1.807, 2.05) is 18.2 Å². The number of aromatic hydroxyl groups is 1. The van der Waals surface area contributed by atoms with Gasteiger partial charge in [0.1, 0.15) is 22.3 Å². The predicted octanol–water partition coefficient (Wildman–Crippen LogP) is 4.35. The summed E-state index contributed by atoms with van der Waals surface area (Å²) in [5, 5.41) is 9.73. The van der Waals surface area contributed by atoms with Gasteiger partial charge in [-0.15, -0.1) is 0 Å². The van der Waals surface area contributed by atoms with Crippen molar-refractivity contribution < 1.29 is 9.84 Å². The fourth-order valence-electron chi connectivity index (χ4n) is 2.26. The van der Waals surface area contributed by atoms with E-state index in [0.29, 0.717) is 17.2 Å². The minimum atomic E-state index is -0.463. The highest BCUT2D eigenvalue weighted by Gasteiger charge is 2.16. The van der Waals surface area contributed by atoms with Crippen molar-refractivity contribution in [2.24, 2.45) is 0 Å². The quantitative estimate of drug-likeness (QED) is 0.752. The fraction of sp³-hybridized carbons (Fsp3) is 0.0588. The molecule has 7 heteroatoms. The minimum Gasteiger partial charge on any atom is -0.493 e. The lowest BCUT2D eigenvalue weighted by molar-refractivity contribution is 0.447. The molecule has 0 aliphatic rings. The third kappa shape index (κ3) is 3.09. The number of nitrogens with zero attached hydrogens (tertiary/aromatic N) is 2. The Hall–Kier alpha value is -2.50. The number of aromatic nitrogens is 2. The molecule has 0 saturated heterocycles. The lowest BCUT2D eigenvalue weighted by atomic mass is 10.2. The first-order valence-electron chi connectivity index (χ1n) is 6.98. The van der Waals surface area contributed by atoms with Crippen LogP contribution in [0.25, 0.3) is 5.69 Å². The molecule has 0 saturated carbocycles. The maximum absolute atomic E-state index is 12.1. The van der Waals surface area contributed by atoms with Gasteiger partial charge in [-0.25, -0.2) is 4.98 Å². The molecule has 0 atom stereocenters. The van der Waals surface area contributed by atoms with Crippen LogP contribution in [-0.4, -0.2) is 14.7 Å². The van der Waals surface area contributed by atoms with Gasteiger partial charge in [-0.2, -0.15) is 0 Å². The van der Waals surface area contributed by atoms with E-state index in [1.54, 1.807) is 31.2 Å². The molecule has 1 N–H and O–H groups in total. The number of rotatable bonds is 3. The third-order valence-electron chi connectivity index (χ3n) is 3.31. The Morgan fingerprint density at radius 3 is 2.46 bits per heavy atom. The van der Waals surface area contributed by atoms with Gasteiger partial charge in [0.15, 0.2) is 0 Å². The van der Waals surface area contributed by atoms with Crippen molar-refractivity contribution in [3.63, 3.8) is 0 Å². The van der Waals surface area contributed by atoms with Crippen molar-refractivity contribution in [1.29, 1.82) is 0 Å². The number of benzene rings is 2. The van der Waals surface area contributed by atoms with Crippen molar-refractivity contribution in [3.05, 3.63) is 74.8 Å². The van der Waals surface area contributed by atoms with Gasteiger partial charge in [-0.3, -0.25) is 9.36 Å². The van der Waals surface area contributed by atoms with Crippen LogP contribution in [0.5, 0.6) is 17.4 Å². The average Bonchev–Trinajstić information content (AvgIpc) is 2.54. The maximum atomic E-state index is 12.1. The molecule has 3 aromatic rings. The van der Waals surface area contributed by atoms with Crippen LogP contribution in [0.2, 0.25) is 10.0 Å². The summed E-state index contributed by atoms with van der Waals surface area (Å²) in [7, 11) is 0. The van der Waals surface area contributed by atoms with Crippen LogP contribution in [0.3, 0.4) is 0 Å². The average molecular weight is 363 g/mol. The number of ether oxygens (including phenoxy) is 1. The SMILES string of the molecule is Cc1nc(O)cc(=O)n1-c1ccc(Oc2ccccc2)c(Cl)c1Cl. The molecule has 5 nitrogen and oxygen atoms in total. The topological polar surface area (TPSA) is 64.4 Å². The number of hydrogen-bond acceptors (Lipinski definition) is 4. The van der Waals surface area contributed by atoms with Crippen LogP contribution in [0.1, 0.15) is 5.82 Å². The molecule has 0 amide bonds. The Bertz CT molecular complexity index is 956. The van der Waals surface area contributed by atoms with E-state index >= 15 is 0 Å². The highest BCUT2D eigenvalue weighted by molar-refractivity contribution is 6.44. The fourth-order valence-corrected chi connectivity index (χ4v) is 2.70. The van der Waals surface area contributed by atoms with Crippen LogP contribution in [-0.2, 0) is 0 Å². The first-order valence-corrected chi connectivity index (χ1v) is 7.74. The summed E-state index contributed by atoms with van der Waals surface area (Å²) in [5.41, 5.74) is -0.105. The Morgan fingerprint density at radius 1 is 1.08 bits per heavy atom. The molecule has 0 aliphatic carbocycles. The number of halogens is 2. The number of aryl methyl sites for hydroxylation is 1. The first kappa shape index (κ1) is 16.4. The molecule has 3 rings (SSSR count). The lowest BCUT2D eigenvalue weighted by Crippen LogP contribution is -2.21. The van der Waals surface area contributed by atoms with Crippen LogP contribution >= 0.6 is 23.2 Å². The van der Waals surface area contributed by atoms with Crippen molar-refractivity contribution >= 4 is 23.2 Å².